The third kappa shape index (κ3) is 2.84. The zero-order valence-electron chi connectivity index (χ0n) is 13.0. The highest BCUT2D eigenvalue weighted by Crippen LogP contribution is 2.38. The van der Waals surface area contributed by atoms with Crippen molar-refractivity contribution in [1.82, 2.24) is 5.32 Å². The molecule has 2 N–H and O–H groups in total. The molecule has 0 radical (unpaired) electrons. The van der Waals surface area contributed by atoms with Gasteiger partial charge in [0.15, 0.2) is 0 Å². The Bertz CT molecular complexity index is 895. The zero-order valence-corrected chi connectivity index (χ0v) is 13.0. The van der Waals surface area contributed by atoms with Crippen molar-refractivity contribution in [2.45, 2.75) is 12.5 Å². The van der Waals surface area contributed by atoms with Crippen LogP contribution in [0.2, 0.25) is 0 Å². The van der Waals surface area contributed by atoms with Crippen LogP contribution in [0.25, 0.3) is 0 Å². The molecule has 1 heterocycles. The molecule has 2 aromatic carbocycles. The molecule has 0 saturated heterocycles. The van der Waals surface area contributed by atoms with Crippen molar-refractivity contribution >= 4 is 11.7 Å². The Morgan fingerprint density at radius 3 is 2.48 bits per heavy atom. The first-order valence-electron chi connectivity index (χ1n) is 7.32. The summed E-state index contributed by atoms with van der Waals surface area (Å²) in [5.41, 5.74) is -1.89. The molecule has 0 saturated carbocycles. The van der Waals surface area contributed by atoms with Crippen molar-refractivity contribution in [3.63, 3.8) is 0 Å². The molecule has 0 bridgehead atoms. The molecule has 1 amide bonds. The average Bonchev–Trinajstić information content (AvgIpc) is 2.80. The third-order valence-corrected chi connectivity index (χ3v) is 3.88. The Morgan fingerprint density at radius 1 is 1.16 bits per heavy atom. The van der Waals surface area contributed by atoms with Gasteiger partial charge in [-0.25, -0.2) is 8.78 Å². The Labute approximate surface area is 141 Å². The van der Waals surface area contributed by atoms with E-state index in [0.717, 1.165) is 12.1 Å². The molecule has 3 rings (SSSR count). The van der Waals surface area contributed by atoms with Crippen LogP contribution in [0, 0.1) is 11.6 Å². The van der Waals surface area contributed by atoms with E-state index >= 15 is 0 Å². The largest absolute Gasteiger partial charge is 0.501 e. The van der Waals surface area contributed by atoms with E-state index in [2.05, 4.69) is 5.32 Å². The first-order chi connectivity index (χ1) is 11.8. The molecule has 2 aromatic rings. The van der Waals surface area contributed by atoms with Crippen LogP contribution in [0.4, 0.5) is 8.78 Å². The van der Waals surface area contributed by atoms with E-state index in [0.29, 0.717) is 6.07 Å². The summed E-state index contributed by atoms with van der Waals surface area (Å²) in [6.45, 7) is 1.23. The molecule has 1 atom stereocenters. The highest BCUT2D eigenvalue weighted by Gasteiger charge is 2.49. The van der Waals surface area contributed by atoms with Crippen molar-refractivity contribution in [3.8, 4) is 0 Å². The Morgan fingerprint density at radius 2 is 1.84 bits per heavy atom. The van der Waals surface area contributed by atoms with Gasteiger partial charge in [-0.15, -0.1) is 0 Å². The van der Waals surface area contributed by atoms with Crippen LogP contribution in [0.5, 0.6) is 0 Å². The quantitative estimate of drug-likeness (QED) is 0.897. The maximum atomic E-state index is 14.0. The standard InChI is InChI=1S/C18H13F2NO4/c1-18(12-8-7-11(19)9-13(12)20)15(23)14(22)17(25-18)21-16(24)10-5-3-2-4-6-10/h2-9,22H,1H3,(H,21,24). The van der Waals surface area contributed by atoms with Gasteiger partial charge in [-0.1, -0.05) is 18.2 Å². The van der Waals surface area contributed by atoms with Crippen LogP contribution in [0.15, 0.2) is 60.2 Å². The number of hydrogen-bond acceptors (Lipinski definition) is 4. The predicted molar refractivity (Wildman–Crippen MR) is 83.4 cm³/mol. The van der Waals surface area contributed by atoms with E-state index in [-0.39, 0.29) is 11.1 Å². The first-order valence-corrected chi connectivity index (χ1v) is 7.32. The van der Waals surface area contributed by atoms with Crippen LogP contribution in [0.1, 0.15) is 22.8 Å². The number of Topliss-reactive ketones (excluding diaryl/α,β-unsaturated/α-hetero) is 1. The van der Waals surface area contributed by atoms with Gasteiger partial charge < -0.3 is 9.84 Å². The average molecular weight is 345 g/mol. The summed E-state index contributed by atoms with van der Waals surface area (Å²) < 4.78 is 32.5. The summed E-state index contributed by atoms with van der Waals surface area (Å²) in [4.78, 5) is 24.5. The van der Waals surface area contributed by atoms with Crippen molar-refractivity contribution < 1.29 is 28.2 Å². The van der Waals surface area contributed by atoms with E-state index in [9.17, 15) is 23.5 Å². The lowest BCUT2D eigenvalue weighted by atomic mass is 9.91. The van der Waals surface area contributed by atoms with Gasteiger partial charge in [0.25, 0.3) is 11.7 Å². The second-order valence-corrected chi connectivity index (χ2v) is 5.59. The van der Waals surface area contributed by atoms with Gasteiger partial charge in [0, 0.05) is 17.2 Å². The fourth-order valence-electron chi connectivity index (χ4n) is 2.53. The minimum absolute atomic E-state index is 0.255. The van der Waals surface area contributed by atoms with Crippen molar-refractivity contribution in [1.29, 1.82) is 0 Å². The fraction of sp³-hybridized carbons (Fsp3) is 0.111. The number of ketones is 1. The molecule has 7 heteroatoms. The number of carbonyl (C=O) groups excluding carboxylic acids is 2. The lowest BCUT2D eigenvalue weighted by Gasteiger charge is -2.24. The Kier molecular flexibility index (Phi) is 4.00. The molecular formula is C18H13F2NO4. The lowest BCUT2D eigenvalue weighted by molar-refractivity contribution is -0.132. The van der Waals surface area contributed by atoms with Gasteiger partial charge in [-0.2, -0.15) is 0 Å². The molecule has 1 aliphatic heterocycles. The summed E-state index contributed by atoms with van der Waals surface area (Å²) in [6.07, 6.45) is 0. The molecule has 1 aliphatic rings. The van der Waals surface area contributed by atoms with Gasteiger partial charge in [0.2, 0.25) is 17.2 Å². The minimum Gasteiger partial charge on any atom is -0.501 e. The molecule has 1 unspecified atom stereocenters. The highest BCUT2D eigenvalue weighted by atomic mass is 19.1. The van der Waals surface area contributed by atoms with Crippen molar-refractivity contribution in [2.75, 3.05) is 0 Å². The number of benzene rings is 2. The molecule has 0 aromatic heterocycles. The SMILES string of the molecule is CC1(c2ccc(F)cc2F)OC(NC(=O)c2ccccc2)=C(O)C1=O. The van der Waals surface area contributed by atoms with Gasteiger partial charge in [-0.3, -0.25) is 14.9 Å². The minimum atomic E-state index is -1.92. The first kappa shape index (κ1) is 16.6. The van der Waals surface area contributed by atoms with Gasteiger partial charge in [-0.05, 0) is 31.2 Å². The highest BCUT2D eigenvalue weighted by molar-refractivity contribution is 6.04. The number of nitrogens with one attached hydrogen (secondary N) is 1. The summed E-state index contributed by atoms with van der Waals surface area (Å²) >= 11 is 0. The Hall–Kier alpha value is -3.22. The van der Waals surface area contributed by atoms with E-state index in [4.69, 9.17) is 4.74 Å². The van der Waals surface area contributed by atoms with Crippen molar-refractivity contribution in [2.24, 2.45) is 0 Å². The van der Waals surface area contributed by atoms with Crippen LogP contribution in [-0.2, 0) is 15.1 Å². The maximum absolute atomic E-state index is 14.0. The molecule has 5 nitrogen and oxygen atoms in total. The van der Waals surface area contributed by atoms with E-state index in [1.807, 2.05) is 0 Å². The fourth-order valence-corrected chi connectivity index (χ4v) is 2.53. The van der Waals surface area contributed by atoms with E-state index < -0.39 is 40.6 Å². The molecule has 0 spiro atoms. The Balaban J connectivity index is 1.89. The second kappa shape index (κ2) is 6.01. The van der Waals surface area contributed by atoms with Gasteiger partial charge in [0.1, 0.15) is 11.6 Å². The van der Waals surface area contributed by atoms with Crippen LogP contribution >= 0.6 is 0 Å². The number of hydrogen-bond donors (Lipinski definition) is 2. The molecule has 128 valence electrons. The van der Waals surface area contributed by atoms with Crippen molar-refractivity contribution in [3.05, 3.63) is 82.9 Å². The number of amides is 1. The van der Waals surface area contributed by atoms with Gasteiger partial charge >= 0.3 is 0 Å². The monoisotopic (exact) mass is 345 g/mol. The molecule has 25 heavy (non-hydrogen) atoms. The molecule has 0 aliphatic carbocycles. The maximum Gasteiger partial charge on any atom is 0.258 e. The number of aliphatic hydroxyl groups excluding tert-OH is 1. The predicted octanol–water partition coefficient (Wildman–Crippen LogP) is 2.94. The lowest BCUT2D eigenvalue weighted by Crippen LogP contribution is -2.33. The van der Waals surface area contributed by atoms with E-state index in [1.165, 1.54) is 19.1 Å². The molecular weight excluding hydrogens is 332 g/mol. The number of ether oxygens (including phenoxy) is 1. The number of halogens is 2. The summed E-state index contributed by atoms with van der Waals surface area (Å²) in [6, 6.07) is 10.7. The summed E-state index contributed by atoms with van der Waals surface area (Å²) in [5.74, 6) is -4.69. The smallest absolute Gasteiger partial charge is 0.258 e. The van der Waals surface area contributed by atoms with Gasteiger partial charge in [0.05, 0.1) is 0 Å². The topological polar surface area (TPSA) is 75.6 Å². The zero-order chi connectivity index (χ0) is 18.2. The van der Waals surface area contributed by atoms with Crippen LogP contribution in [0.3, 0.4) is 0 Å². The normalized spacial score (nSPS) is 19.7. The van der Waals surface area contributed by atoms with Crippen LogP contribution in [-0.4, -0.2) is 16.8 Å². The summed E-state index contributed by atoms with van der Waals surface area (Å²) in [7, 11) is 0. The van der Waals surface area contributed by atoms with Crippen LogP contribution < -0.4 is 5.32 Å². The van der Waals surface area contributed by atoms with E-state index in [1.54, 1.807) is 18.2 Å². The third-order valence-electron chi connectivity index (χ3n) is 3.88. The number of rotatable bonds is 3. The number of carbonyl (C=O) groups is 2. The second-order valence-electron chi connectivity index (χ2n) is 5.59. The summed E-state index contributed by atoms with van der Waals surface area (Å²) in [5, 5.41) is 12.3. The number of aliphatic hydroxyl groups is 1. The molecule has 0 fully saturated rings.